The lowest BCUT2D eigenvalue weighted by Crippen LogP contribution is -2.35. The third kappa shape index (κ3) is 3.32. The Morgan fingerprint density at radius 3 is 3.00 bits per heavy atom. The first-order chi connectivity index (χ1) is 8.29. The van der Waals surface area contributed by atoms with Gasteiger partial charge in [-0.2, -0.15) is 0 Å². The van der Waals surface area contributed by atoms with Crippen LogP contribution in [0.2, 0.25) is 0 Å². The van der Waals surface area contributed by atoms with E-state index >= 15 is 0 Å². The molecule has 3 N–H and O–H groups in total. The van der Waals surface area contributed by atoms with Crippen molar-refractivity contribution in [1.29, 1.82) is 0 Å². The minimum Gasteiger partial charge on any atom is -0.361 e. The highest BCUT2D eigenvalue weighted by atomic mass is 15.0. The van der Waals surface area contributed by atoms with Crippen molar-refractivity contribution in [1.82, 2.24) is 15.6 Å². The van der Waals surface area contributed by atoms with Gasteiger partial charge in [0.05, 0.1) is 0 Å². The Morgan fingerprint density at radius 2 is 2.18 bits per heavy atom. The van der Waals surface area contributed by atoms with Gasteiger partial charge >= 0.3 is 0 Å². The van der Waals surface area contributed by atoms with Crippen molar-refractivity contribution in [3.8, 4) is 0 Å². The van der Waals surface area contributed by atoms with Crippen molar-refractivity contribution in [3.05, 3.63) is 36.0 Å². The lowest BCUT2D eigenvalue weighted by Gasteiger charge is -2.14. The first-order valence-corrected chi connectivity index (χ1v) is 6.29. The van der Waals surface area contributed by atoms with Gasteiger partial charge in [0.15, 0.2) is 0 Å². The van der Waals surface area contributed by atoms with E-state index < -0.39 is 0 Å². The zero-order chi connectivity index (χ0) is 12.1. The Morgan fingerprint density at radius 1 is 1.29 bits per heavy atom. The van der Waals surface area contributed by atoms with Gasteiger partial charge in [-0.15, -0.1) is 0 Å². The van der Waals surface area contributed by atoms with Gasteiger partial charge in [-0.05, 0) is 36.6 Å². The van der Waals surface area contributed by atoms with Gasteiger partial charge in [-0.25, -0.2) is 0 Å². The Hall–Kier alpha value is -1.32. The van der Waals surface area contributed by atoms with Crippen LogP contribution in [0.4, 0.5) is 0 Å². The van der Waals surface area contributed by atoms with E-state index in [0.29, 0.717) is 6.04 Å². The summed E-state index contributed by atoms with van der Waals surface area (Å²) in [6.07, 6.45) is 1.98. The van der Waals surface area contributed by atoms with E-state index in [0.717, 1.165) is 19.6 Å². The van der Waals surface area contributed by atoms with Crippen LogP contribution < -0.4 is 10.6 Å². The first-order valence-electron chi connectivity index (χ1n) is 6.29. The van der Waals surface area contributed by atoms with E-state index in [2.05, 4.69) is 53.7 Å². The number of hydrogen-bond donors (Lipinski definition) is 3. The third-order valence-corrected chi connectivity index (χ3v) is 2.97. The van der Waals surface area contributed by atoms with Gasteiger partial charge < -0.3 is 15.6 Å². The molecule has 1 unspecified atom stereocenters. The minimum absolute atomic E-state index is 0.495. The molecule has 0 saturated carbocycles. The molecule has 3 heteroatoms. The molecule has 1 atom stereocenters. The molecule has 92 valence electrons. The maximum Gasteiger partial charge on any atom is 0.0457 e. The molecular weight excluding hydrogens is 210 g/mol. The van der Waals surface area contributed by atoms with Crippen LogP contribution in [-0.4, -0.2) is 24.1 Å². The van der Waals surface area contributed by atoms with Gasteiger partial charge in [-0.1, -0.05) is 19.1 Å². The van der Waals surface area contributed by atoms with E-state index in [1.807, 2.05) is 6.20 Å². The zero-order valence-corrected chi connectivity index (χ0v) is 10.6. The fraction of sp³-hybridized carbons (Fsp3) is 0.429. The van der Waals surface area contributed by atoms with E-state index in [1.165, 1.54) is 16.5 Å². The molecule has 0 spiro atoms. The SMILES string of the molecule is CCNCC(C)NCc1ccc2cc[nH]c2c1. The van der Waals surface area contributed by atoms with Gasteiger partial charge in [0, 0.05) is 30.8 Å². The molecule has 0 aliphatic carbocycles. The monoisotopic (exact) mass is 231 g/mol. The molecule has 0 aliphatic heterocycles. The molecule has 0 bridgehead atoms. The van der Waals surface area contributed by atoms with Crippen molar-refractivity contribution in [2.24, 2.45) is 0 Å². The molecule has 17 heavy (non-hydrogen) atoms. The molecular formula is C14H21N3. The topological polar surface area (TPSA) is 39.8 Å². The molecule has 0 radical (unpaired) electrons. The summed E-state index contributed by atoms with van der Waals surface area (Å²) in [6.45, 7) is 7.30. The van der Waals surface area contributed by atoms with E-state index in [9.17, 15) is 0 Å². The van der Waals surface area contributed by atoms with Crippen LogP contribution in [0.15, 0.2) is 30.5 Å². The molecule has 1 heterocycles. The lowest BCUT2D eigenvalue weighted by atomic mass is 10.1. The summed E-state index contributed by atoms with van der Waals surface area (Å²) in [6, 6.07) is 9.15. The summed E-state index contributed by atoms with van der Waals surface area (Å²) in [4.78, 5) is 3.24. The number of aromatic amines is 1. The highest BCUT2D eigenvalue weighted by Crippen LogP contribution is 2.13. The van der Waals surface area contributed by atoms with Crippen LogP contribution >= 0.6 is 0 Å². The van der Waals surface area contributed by atoms with Crippen molar-refractivity contribution < 1.29 is 0 Å². The van der Waals surface area contributed by atoms with Crippen molar-refractivity contribution in [3.63, 3.8) is 0 Å². The second-order valence-electron chi connectivity index (χ2n) is 4.49. The Kier molecular flexibility index (Phi) is 4.18. The number of benzene rings is 1. The average molecular weight is 231 g/mol. The fourth-order valence-electron chi connectivity index (χ4n) is 1.93. The highest BCUT2D eigenvalue weighted by molar-refractivity contribution is 5.79. The Balaban J connectivity index is 1.89. The van der Waals surface area contributed by atoms with E-state index in [1.54, 1.807) is 0 Å². The maximum absolute atomic E-state index is 3.51. The molecule has 0 fully saturated rings. The van der Waals surface area contributed by atoms with Gasteiger partial charge in [0.25, 0.3) is 0 Å². The van der Waals surface area contributed by atoms with Crippen molar-refractivity contribution in [2.45, 2.75) is 26.4 Å². The summed E-state index contributed by atoms with van der Waals surface area (Å²) in [7, 11) is 0. The van der Waals surface area contributed by atoms with Crippen LogP contribution in [0, 0.1) is 0 Å². The number of hydrogen-bond acceptors (Lipinski definition) is 2. The number of H-pyrrole nitrogens is 1. The summed E-state index contributed by atoms with van der Waals surface area (Å²) < 4.78 is 0. The quantitative estimate of drug-likeness (QED) is 0.713. The first kappa shape index (κ1) is 12.1. The van der Waals surface area contributed by atoms with Crippen molar-refractivity contribution >= 4 is 10.9 Å². The van der Waals surface area contributed by atoms with Crippen LogP contribution in [0.25, 0.3) is 10.9 Å². The number of aromatic nitrogens is 1. The minimum atomic E-state index is 0.495. The van der Waals surface area contributed by atoms with Gasteiger partial charge in [0.1, 0.15) is 0 Å². The maximum atomic E-state index is 3.51. The summed E-state index contributed by atoms with van der Waals surface area (Å²) >= 11 is 0. The smallest absolute Gasteiger partial charge is 0.0457 e. The summed E-state index contributed by atoms with van der Waals surface area (Å²) in [5.74, 6) is 0. The zero-order valence-electron chi connectivity index (χ0n) is 10.6. The molecule has 2 rings (SSSR count). The Bertz CT molecular complexity index is 461. The molecule has 2 aromatic rings. The molecule has 3 nitrogen and oxygen atoms in total. The lowest BCUT2D eigenvalue weighted by molar-refractivity contribution is 0.509. The van der Waals surface area contributed by atoms with Gasteiger partial charge in [-0.3, -0.25) is 0 Å². The molecule has 1 aromatic carbocycles. The second kappa shape index (κ2) is 5.84. The third-order valence-electron chi connectivity index (χ3n) is 2.97. The normalized spacial score (nSPS) is 13.1. The van der Waals surface area contributed by atoms with Crippen molar-refractivity contribution in [2.75, 3.05) is 13.1 Å². The standard InChI is InChI=1S/C14H21N3/c1-3-15-9-11(2)17-10-12-4-5-13-6-7-16-14(13)8-12/h4-8,11,15-17H,3,9-10H2,1-2H3. The van der Waals surface area contributed by atoms with Crippen LogP contribution in [0.3, 0.4) is 0 Å². The summed E-state index contributed by atoms with van der Waals surface area (Å²) in [5.41, 5.74) is 2.53. The number of nitrogens with one attached hydrogen (secondary N) is 3. The van der Waals surface area contributed by atoms with Crippen LogP contribution in [-0.2, 0) is 6.54 Å². The number of likely N-dealkylation sites (N-methyl/N-ethyl adjacent to an activating group) is 1. The second-order valence-corrected chi connectivity index (χ2v) is 4.49. The van der Waals surface area contributed by atoms with Gasteiger partial charge in [0.2, 0.25) is 0 Å². The molecule has 1 aromatic heterocycles. The average Bonchev–Trinajstić information content (AvgIpc) is 2.81. The predicted molar refractivity (Wildman–Crippen MR) is 73.1 cm³/mol. The summed E-state index contributed by atoms with van der Waals surface area (Å²) in [5, 5.41) is 8.13. The molecule has 0 aliphatic rings. The van der Waals surface area contributed by atoms with Crippen LogP contribution in [0.5, 0.6) is 0 Å². The number of rotatable bonds is 6. The number of fused-ring (bicyclic) bond motifs is 1. The van der Waals surface area contributed by atoms with E-state index in [4.69, 9.17) is 0 Å². The molecule has 0 amide bonds. The van der Waals surface area contributed by atoms with Crippen LogP contribution in [0.1, 0.15) is 19.4 Å². The largest absolute Gasteiger partial charge is 0.361 e. The van der Waals surface area contributed by atoms with E-state index in [-0.39, 0.29) is 0 Å². The Labute approximate surface area is 103 Å². The predicted octanol–water partition coefficient (Wildman–Crippen LogP) is 2.26. The highest BCUT2D eigenvalue weighted by Gasteiger charge is 2.01. The fourth-order valence-corrected chi connectivity index (χ4v) is 1.93. The molecule has 0 saturated heterocycles.